The predicted octanol–water partition coefficient (Wildman–Crippen LogP) is 5.17. The van der Waals surface area contributed by atoms with Crippen molar-refractivity contribution in [3.05, 3.63) is 90.5 Å². The number of para-hydroxylation sites is 1. The van der Waals surface area contributed by atoms with Crippen molar-refractivity contribution in [2.24, 2.45) is 4.99 Å². The zero-order valence-corrected chi connectivity index (χ0v) is 19.2. The summed E-state index contributed by atoms with van der Waals surface area (Å²) in [6.07, 6.45) is 0. The van der Waals surface area contributed by atoms with Crippen LogP contribution in [0.15, 0.2) is 89.9 Å². The maximum absolute atomic E-state index is 5.90. The van der Waals surface area contributed by atoms with Crippen LogP contribution in [0, 0.1) is 0 Å². The lowest BCUT2D eigenvalue weighted by atomic mass is 10.2. The van der Waals surface area contributed by atoms with Crippen LogP contribution in [0.5, 0.6) is 5.75 Å². The van der Waals surface area contributed by atoms with Crippen molar-refractivity contribution in [2.45, 2.75) is 0 Å². The highest BCUT2D eigenvalue weighted by atomic mass is 79.9. The molecule has 1 aliphatic heterocycles. The minimum atomic E-state index is 0. The highest BCUT2D eigenvalue weighted by Crippen LogP contribution is 2.20. The second kappa shape index (κ2) is 12.2. The number of nitrogens with one attached hydrogen (secondary N) is 1. The van der Waals surface area contributed by atoms with Gasteiger partial charge < -0.3 is 14.8 Å². The van der Waals surface area contributed by atoms with E-state index in [4.69, 9.17) is 14.5 Å². The molecule has 0 amide bonds. The van der Waals surface area contributed by atoms with Gasteiger partial charge in [0.2, 0.25) is 0 Å². The summed E-state index contributed by atoms with van der Waals surface area (Å²) in [5.74, 6) is 1.67. The summed E-state index contributed by atoms with van der Waals surface area (Å²) in [5.41, 5.74) is 2.91. The summed E-state index contributed by atoms with van der Waals surface area (Å²) < 4.78 is 11.3. The standard InChI is InChI=1S/C25H27N3O2.BrH/c1-3-7-21(8-4-1)25(26-22-9-5-2-6-10-22)27-23-11-13-24(14-12-23)30-20-17-28-15-18-29-19-16-28;/h1-14H,15-20H2,(H,26,27);1H. The van der Waals surface area contributed by atoms with Crippen molar-refractivity contribution < 1.29 is 9.47 Å². The van der Waals surface area contributed by atoms with E-state index in [1.165, 1.54) is 0 Å². The molecule has 3 aromatic carbocycles. The first-order valence-corrected chi connectivity index (χ1v) is 10.4. The molecule has 0 saturated carbocycles. The molecule has 0 aliphatic carbocycles. The van der Waals surface area contributed by atoms with Gasteiger partial charge >= 0.3 is 0 Å². The van der Waals surface area contributed by atoms with Gasteiger partial charge in [0.05, 0.1) is 18.9 Å². The number of hydrogen-bond acceptors (Lipinski definition) is 4. The van der Waals surface area contributed by atoms with Crippen molar-refractivity contribution in [3.8, 4) is 5.75 Å². The average Bonchev–Trinajstić information content (AvgIpc) is 2.82. The number of rotatable bonds is 7. The summed E-state index contributed by atoms with van der Waals surface area (Å²) >= 11 is 0. The molecule has 5 nitrogen and oxygen atoms in total. The number of benzene rings is 3. The van der Waals surface area contributed by atoms with Gasteiger partial charge in [-0.05, 0) is 36.4 Å². The fourth-order valence-electron chi connectivity index (χ4n) is 3.28. The minimum absolute atomic E-state index is 0. The van der Waals surface area contributed by atoms with Crippen molar-refractivity contribution in [1.82, 2.24) is 4.90 Å². The average molecular weight is 482 g/mol. The van der Waals surface area contributed by atoms with Crippen LogP contribution in [-0.4, -0.2) is 50.2 Å². The number of amidine groups is 1. The number of ether oxygens (including phenoxy) is 2. The number of anilines is 1. The minimum Gasteiger partial charge on any atom is -0.492 e. The van der Waals surface area contributed by atoms with Gasteiger partial charge in [-0.1, -0.05) is 48.5 Å². The van der Waals surface area contributed by atoms with Crippen LogP contribution >= 0.6 is 17.0 Å². The van der Waals surface area contributed by atoms with Crippen LogP contribution in [0.2, 0.25) is 0 Å². The Morgan fingerprint density at radius 2 is 1.52 bits per heavy atom. The lowest BCUT2D eigenvalue weighted by molar-refractivity contribution is 0.0322. The molecule has 0 spiro atoms. The van der Waals surface area contributed by atoms with Crippen molar-refractivity contribution in [2.75, 3.05) is 44.8 Å². The fourth-order valence-corrected chi connectivity index (χ4v) is 3.28. The third kappa shape index (κ3) is 7.21. The number of nitrogens with zero attached hydrogens (tertiary/aromatic N) is 2. The molecule has 0 radical (unpaired) electrons. The Labute approximate surface area is 194 Å². The third-order valence-corrected chi connectivity index (χ3v) is 4.94. The van der Waals surface area contributed by atoms with E-state index in [1.54, 1.807) is 0 Å². The molecule has 31 heavy (non-hydrogen) atoms. The molecule has 1 heterocycles. The number of morpholine rings is 1. The Morgan fingerprint density at radius 1 is 0.871 bits per heavy atom. The summed E-state index contributed by atoms with van der Waals surface area (Å²) in [5, 5.41) is 3.43. The van der Waals surface area contributed by atoms with Gasteiger partial charge in [-0.15, -0.1) is 17.0 Å². The second-order valence-corrected chi connectivity index (χ2v) is 7.11. The van der Waals surface area contributed by atoms with Crippen LogP contribution in [0.1, 0.15) is 5.56 Å². The van der Waals surface area contributed by atoms with Crippen LogP contribution in [0.3, 0.4) is 0 Å². The van der Waals surface area contributed by atoms with E-state index in [2.05, 4.69) is 22.3 Å². The molecule has 4 rings (SSSR count). The van der Waals surface area contributed by atoms with E-state index in [0.717, 1.165) is 61.4 Å². The Bertz CT molecular complexity index is 928. The summed E-state index contributed by atoms with van der Waals surface area (Å²) in [4.78, 5) is 7.21. The highest BCUT2D eigenvalue weighted by molar-refractivity contribution is 8.93. The van der Waals surface area contributed by atoms with E-state index in [1.807, 2.05) is 72.8 Å². The number of aliphatic imine (C=N–C) groups is 1. The van der Waals surface area contributed by atoms with Gasteiger partial charge in [0.25, 0.3) is 0 Å². The summed E-state index contributed by atoms with van der Waals surface area (Å²) in [6.45, 7) is 5.18. The molecule has 1 saturated heterocycles. The first kappa shape index (κ1) is 23.0. The van der Waals surface area contributed by atoms with E-state index < -0.39 is 0 Å². The Balaban J connectivity index is 0.00000272. The maximum Gasteiger partial charge on any atom is 0.138 e. The van der Waals surface area contributed by atoms with Crippen molar-refractivity contribution in [1.29, 1.82) is 0 Å². The molecule has 1 N–H and O–H groups in total. The topological polar surface area (TPSA) is 46.1 Å². The molecule has 162 valence electrons. The van der Waals surface area contributed by atoms with E-state index in [0.29, 0.717) is 6.61 Å². The van der Waals surface area contributed by atoms with E-state index >= 15 is 0 Å². The monoisotopic (exact) mass is 481 g/mol. The molecular formula is C25H28BrN3O2. The van der Waals surface area contributed by atoms with Gasteiger partial charge in [0.15, 0.2) is 0 Å². The Kier molecular flexibility index (Phi) is 9.09. The molecule has 0 atom stereocenters. The Morgan fingerprint density at radius 3 is 2.19 bits per heavy atom. The molecule has 6 heteroatoms. The first-order chi connectivity index (χ1) is 14.9. The predicted molar refractivity (Wildman–Crippen MR) is 132 cm³/mol. The quantitative estimate of drug-likeness (QED) is 0.373. The van der Waals surface area contributed by atoms with Crippen LogP contribution in [-0.2, 0) is 4.74 Å². The third-order valence-electron chi connectivity index (χ3n) is 4.94. The first-order valence-electron chi connectivity index (χ1n) is 10.4. The van der Waals surface area contributed by atoms with Crippen LogP contribution < -0.4 is 10.1 Å². The van der Waals surface area contributed by atoms with Gasteiger partial charge in [-0.3, -0.25) is 4.90 Å². The van der Waals surface area contributed by atoms with Gasteiger partial charge in [0.1, 0.15) is 18.2 Å². The lowest BCUT2D eigenvalue weighted by Gasteiger charge is -2.26. The molecular weight excluding hydrogens is 454 g/mol. The van der Waals surface area contributed by atoms with Gasteiger partial charge in [0, 0.05) is 30.9 Å². The SMILES string of the molecule is Br.c1ccc(NC(=Nc2ccc(OCCN3CCOCC3)cc2)c2ccccc2)cc1. The molecule has 0 unspecified atom stereocenters. The lowest BCUT2D eigenvalue weighted by Crippen LogP contribution is -2.38. The molecule has 1 aliphatic rings. The molecule has 0 aromatic heterocycles. The Hall–Kier alpha value is -2.67. The van der Waals surface area contributed by atoms with Crippen molar-refractivity contribution in [3.63, 3.8) is 0 Å². The van der Waals surface area contributed by atoms with Gasteiger partial charge in [-0.25, -0.2) is 4.99 Å². The zero-order chi connectivity index (χ0) is 20.4. The molecule has 1 fully saturated rings. The summed E-state index contributed by atoms with van der Waals surface area (Å²) in [6, 6.07) is 28.2. The largest absolute Gasteiger partial charge is 0.492 e. The van der Waals surface area contributed by atoms with Crippen molar-refractivity contribution >= 4 is 34.2 Å². The van der Waals surface area contributed by atoms with E-state index in [9.17, 15) is 0 Å². The van der Waals surface area contributed by atoms with Crippen LogP contribution in [0.25, 0.3) is 0 Å². The maximum atomic E-state index is 5.90. The highest BCUT2D eigenvalue weighted by Gasteiger charge is 2.10. The summed E-state index contributed by atoms with van der Waals surface area (Å²) in [7, 11) is 0. The smallest absolute Gasteiger partial charge is 0.138 e. The normalized spacial score (nSPS) is 14.5. The second-order valence-electron chi connectivity index (χ2n) is 7.11. The van der Waals surface area contributed by atoms with Crippen LogP contribution in [0.4, 0.5) is 11.4 Å². The zero-order valence-electron chi connectivity index (χ0n) is 17.4. The van der Waals surface area contributed by atoms with Gasteiger partial charge in [-0.2, -0.15) is 0 Å². The fraction of sp³-hybridized carbons (Fsp3) is 0.240. The molecule has 0 bridgehead atoms. The molecule has 3 aromatic rings. The number of halogens is 1. The number of hydrogen-bond donors (Lipinski definition) is 1. The van der Waals surface area contributed by atoms with E-state index in [-0.39, 0.29) is 17.0 Å².